The number of rotatable bonds is 0. The Labute approximate surface area is 163 Å². The number of aromatic amines is 1. The minimum absolute atomic E-state index is 0.119. The number of carbonyl (C=O) groups excluding carboxylic acids is 2. The van der Waals surface area contributed by atoms with Crippen molar-refractivity contribution in [3.05, 3.63) is 46.8 Å². The fraction of sp³-hybridized carbons (Fsp3) is 0.333. The summed E-state index contributed by atoms with van der Waals surface area (Å²) in [5.74, 6) is 0.348. The smallest absolute Gasteiger partial charge is 0.256 e. The van der Waals surface area contributed by atoms with E-state index in [9.17, 15) is 9.59 Å². The molecular weight excluding hydrogens is 358 g/mol. The molecule has 7 heteroatoms. The van der Waals surface area contributed by atoms with E-state index in [0.717, 1.165) is 16.9 Å². The van der Waals surface area contributed by atoms with Crippen molar-refractivity contribution in [3.63, 3.8) is 0 Å². The van der Waals surface area contributed by atoms with Crippen LogP contribution in [0.15, 0.2) is 24.3 Å². The Morgan fingerprint density at radius 1 is 1.18 bits per heavy atom. The van der Waals surface area contributed by atoms with Crippen LogP contribution < -0.4 is 10.1 Å². The molecule has 7 nitrogen and oxygen atoms in total. The summed E-state index contributed by atoms with van der Waals surface area (Å²) in [5.41, 5.74) is 3.98. The van der Waals surface area contributed by atoms with Crippen molar-refractivity contribution < 1.29 is 19.1 Å². The van der Waals surface area contributed by atoms with Crippen LogP contribution in [-0.4, -0.2) is 54.6 Å². The Kier molecular flexibility index (Phi) is 4.68. The standard InChI is InChI=1S/C21H23N3O4/c1-12-8-17-19(22-12)10-16-15-9-14(4-5-18(15)23-20(16)25)28-11-13(2)27-7-6-24(3)21(17)26/h4-5,8-10,13,22H,6-7,11H2,1-3H3,(H,23,25)/b16-10-/t13-/m0/s1. The van der Waals surface area contributed by atoms with Gasteiger partial charge in [-0.1, -0.05) is 0 Å². The molecule has 2 aromatic rings. The second kappa shape index (κ2) is 7.16. The number of H-pyrrole nitrogens is 1. The maximum Gasteiger partial charge on any atom is 0.256 e. The molecule has 2 N–H and O–H groups in total. The number of fused-ring (bicyclic) bond motifs is 2. The molecule has 0 fully saturated rings. The molecule has 0 spiro atoms. The first-order valence-corrected chi connectivity index (χ1v) is 9.29. The van der Waals surface area contributed by atoms with Crippen molar-refractivity contribution in [2.75, 3.05) is 32.1 Å². The van der Waals surface area contributed by atoms with Crippen LogP contribution in [-0.2, 0) is 9.53 Å². The molecule has 4 rings (SSSR count). The van der Waals surface area contributed by atoms with Gasteiger partial charge in [0.25, 0.3) is 11.8 Å². The largest absolute Gasteiger partial charge is 0.491 e. The van der Waals surface area contributed by atoms with E-state index in [4.69, 9.17) is 9.47 Å². The van der Waals surface area contributed by atoms with Crippen LogP contribution in [0.1, 0.15) is 34.2 Å². The molecule has 146 valence electrons. The van der Waals surface area contributed by atoms with Crippen molar-refractivity contribution in [1.82, 2.24) is 9.88 Å². The number of benzene rings is 1. The van der Waals surface area contributed by atoms with Gasteiger partial charge in [0.2, 0.25) is 0 Å². The number of aryl methyl sites for hydroxylation is 1. The second-order valence-corrected chi connectivity index (χ2v) is 7.22. The first-order valence-electron chi connectivity index (χ1n) is 9.29. The van der Waals surface area contributed by atoms with Gasteiger partial charge in [-0.15, -0.1) is 0 Å². The molecule has 2 amide bonds. The highest BCUT2D eigenvalue weighted by Gasteiger charge is 2.26. The van der Waals surface area contributed by atoms with E-state index >= 15 is 0 Å². The number of hydrogen-bond donors (Lipinski definition) is 2. The number of nitrogens with one attached hydrogen (secondary N) is 2. The van der Waals surface area contributed by atoms with Crippen molar-refractivity contribution in [1.29, 1.82) is 0 Å². The fourth-order valence-corrected chi connectivity index (χ4v) is 3.41. The molecule has 0 aliphatic carbocycles. The molecule has 1 aromatic carbocycles. The Morgan fingerprint density at radius 3 is 2.82 bits per heavy atom. The van der Waals surface area contributed by atoms with Gasteiger partial charge in [0.15, 0.2) is 0 Å². The van der Waals surface area contributed by atoms with Crippen LogP contribution in [0.25, 0.3) is 11.6 Å². The third-order valence-corrected chi connectivity index (χ3v) is 4.94. The Balaban J connectivity index is 1.83. The zero-order chi connectivity index (χ0) is 19.8. The number of likely N-dealkylation sites (N-methyl/N-ethyl adjacent to an activating group) is 1. The lowest BCUT2D eigenvalue weighted by Crippen LogP contribution is -2.32. The normalized spacial score (nSPS) is 21.8. The summed E-state index contributed by atoms with van der Waals surface area (Å²) in [6, 6.07) is 7.30. The number of hydrogen-bond acceptors (Lipinski definition) is 4. The highest BCUT2D eigenvalue weighted by molar-refractivity contribution is 6.35. The highest BCUT2D eigenvalue weighted by Crippen LogP contribution is 2.36. The molecule has 0 saturated carbocycles. The zero-order valence-corrected chi connectivity index (χ0v) is 16.2. The van der Waals surface area contributed by atoms with Crippen LogP contribution >= 0.6 is 0 Å². The minimum atomic E-state index is -0.202. The van der Waals surface area contributed by atoms with Gasteiger partial charge in [-0.3, -0.25) is 9.59 Å². The predicted molar refractivity (Wildman–Crippen MR) is 106 cm³/mol. The lowest BCUT2D eigenvalue weighted by molar-refractivity contribution is -0.110. The van der Waals surface area contributed by atoms with Crippen LogP contribution in [0.4, 0.5) is 5.69 Å². The van der Waals surface area contributed by atoms with Gasteiger partial charge in [-0.2, -0.15) is 0 Å². The van der Waals surface area contributed by atoms with Crippen LogP contribution in [0.2, 0.25) is 0 Å². The Morgan fingerprint density at radius 2 is 2.00 bits per heavy atom. The number of aromatic nitrogens is 1. The lowest BCUT2D eigenvalue weighted by atomic mass is 10.0. The molecule has 2 aliphatic rings. The van der Waals surface area contributed by atoms with Crippen molar-refractivity contribution in [2.24, 2.45) is 0 Å². The second-order valence-electron chi connectivity index (χ2n) is 7.22. The number of amides is 2. The van der Waals surface area contributed by atoms with Crippen LogP contribution in [0.3, 0.4) is 0 Å². The predicted octanol–water partition coefficient (Wildman–Crippen LogP) is 2.69. The van der Waals surface area contributed by atoms with Gasteiger partial charge < -0.3 is 24.7 Å². The molecule has 0 saturated heterocycles. The van der Waals surface area contributed by atoms with E-state index < -0.39 is 0 Å². The summed E-state index contributed by atoms with van der Waals surface area (Å²) in [6.45, 7) is 5.07. The minimum Gasteiger partial charge on any atom is -0.491 e. The van der Waals surface area contributed by atoms with Crippen LogP contribution in [0, 0.1) is 6.92 Å². The lowest BCUT2D eigenvalue weighted by Gasteiger charge is -2.19. The van der Waals surface area contributed by atoms with Crippen molar-refractivity contribution in [3.8, 4) is 5.75 Å². The summed E-state index contributed by atoms with van der Waals surface area (Å²) in [7, 11) is 1.74. The molecule has 1 aromatic heterocycles. The molecule has 1 atom stereocenters. The SMILES string of the molecule is Cc1cc2c([nH]1)/C=C1\C(=O)Nc3ccc(cc31)OC[C@H](C)OCCN(C)C2=O. The van der Waals surface area contributed by atoms with Gasteiger partial charge in [-0.05, 0) is 44.2 Å². The Hall–Kier alpha value is -3.06. The zero-order valence-electron chi connectivity index (χ0n) is 16.2. The first kappa shape index (κ1) is 18.3. The van der Waals surface area contributed by atoms with E-state index in [-0.39, 0.29) is 17.9 Å². The van der Waals surface area contributed by atoms with E-state index in [1.807, 2.05) is 32.0 Å². The van der Waals surface area contributed by atoms with E-state index in [1.165, 1.54) is 0 Å². The summed E-state index contributed by atoms with van der Waals surface area (Å²) in [6.07, 6.45) is 1.61. The summed E-state index contributed by atoms with van der Waals surface area (Å²) in [4.78, 5) is 30.3. The third kappa shape index (κ3) is 3.41. The number of carbonyl (C=O) groups is 2. The molecule has 3 heterocycles. The quantitative estimate of drug-likeness (QED) is 0.735. The third-order valence-electron chi connectivity index (χ3n) is 4.94. The summed E-state index contributed by atoms with van der Waals surface area (Å²) >= 11 is 0. The maximum absolute atomic E-state index is 12.9. The molecule has 2 aliphatic heterocycles. The van der Waals surface area contributed by atoms with Gasteiger partial charge in [0.1, 0.15) is 12.4 Å². The number of anilines is 1. The average Bonchev–Trinajstić information content (AvgIpc) is 3.18. The monoisotopic (exact) mass is 381 g/mol. The van der Waals surface area contributed by atoms with Crippen molar-refractivity contribution >= 4 is 29.2 Å². The maximum atomic E-state index is 12.9. The first-order chi connectivity index (χ1) is 13.4. The number of ether oxygens (including phenoxy) is 2. The van der Waals surface area contributed by atoms with Gasteiger partial charge in [-0.25, -0.2) is 0 Å². The van der Waals surface area contributed by atoms with E-state index in [1.54, 1.807) is 24.1 Å². The molecule has 0 radical (unpaired) electrons. The fourth-order valence-electron chi connectivity index (χ4n) is 3.41. The molecular formula is C21H23N3O4. The molecule has 0 unspecified atom stereocenters. The van der Waals surface area contributed by atoms with E-state index in [0.29, 0.717) is 42.3 Å². The Bertz CT molecular complexity index is 976. The number of nitrogens with zero attached hydrogens (tertiary/aromatic N) is 1. The van der Waals surface area contributed by atoms with Gasteiger partial charge in [0, 0.05) is 30.5 Å². The average molecular weight is 381 g/mol. The van der Waals surface area contributed by atoms with Gasteiger partial charge >= 0.3 is 0 Å². The molecule has 2 bridgehead atoms. The van der Waals surface area contributed by atoms with Crippen LogP contribution in [0.5, 0.6) is 5.75 Å². The highest BCUT2D eigenvalue weighted by atomic mass is 16.5. The van der Waals surface area contributed by atoms with E-state index in [2.05, 4.69) is 10.3 Å². The summed E-state index contributed by atoms with van der Waals surface area (Å²) in [5, 5.41) is 2.86. The summed E-state index contributed by atoms with van der Waals surface area (Å²) < 4.78 is 11.6. The van der Waals surface area contributed by atoms with Gasteiger partial charge in [0.05, 0.1) is 29.5 Å². The van der Waals surface area contributed by atoms with Crippen molar-refractivity contribution in [2.45, 2.75) is 20.0 Å². The topological polar surface area (TPSA) is 83.7 Å². The molecule has 28 heavy (non-hydrogen) atoms.